The van der Waals surface area contributed by atoms with Gasteiger partial charge in [0.2, 0.25) is 0 Å². The smallest absolute Gasteiger partial charge is 0.165 e. The van der Waals surface area contributed by atoms with Gasteiger partial charge in [-0.25, -0.2) is 4.98 Å². The third-order valence-electron chi connectivity index (χ3n) is 2.34. The van der Waals surface area contributed by atoms with Crippen LogP contribution in [0.3, 0.4) is 0 Å². The van der Waals surface area contributed by atoms with E-state index in [4.69, 9.17) is 4.74 Å². The van der Waals surface area contributed by atoms with Crippen LogP contribution in [0.4, 0.5) is 0 Å². The van der Waals surface area contributed by atoms with Crippen molar-refractivity contribution in [1.29, 1.82) is 0 Å². The third-order valence-corrected chi connectivity index (χ3v) is 3.05. The number of thiazole rings is 1. The molecule has 2 aromatic rings. The molecule has 0 unspecified atom stereocenters. The number of rotatable bonds is 0. The van der Waals surface area contributed by atoms with Gasteiger partial charge in [-0.15, -0.1) is 11.3 Å². The molecule has 0 spiro atoms. The van der Waals surface area contributed by atoms with E-state index in [1.165, 1.54) is 0 Å². The molecule has 1 aliphatic heterocycles. The molecule has 1 aliphatic rings. The zero-order chi connectivity index (χ0) is 8.84. The summed E-state index contributed by atoms with van der Waals surface area (Å²) in [7, 11) is 0. The van der Waals surface area contributed by atoms with Crippen molar-refractivity contribution in [2.75, 3.05) is 6.61 Å². The molecule has 0 aliphatic carbocycles. The summed E-state index contributed by atoms with van der Waals surface area (Å²) in [6, 6.07) is 0. The minimum atomic E-state index is 0.126. The molecule has 68 valence electrons. The monoisotopic (exact) mass is 195 g/mol. The van der Waals surface area contributed by atoms with E-state index >= 15 is 0 Å². The van der Waals surface area contributed by atoms with Gasteiger partial charge in [0.05, 0.1) is 30.5 Å². The maximum absolute atomic E-state index is 5.54. The first-order chi connectivity index (χ1) is 6.36. The molecule has 0 bridgehead atoms. The number of hydrogen-bond donors (Lipinski definition) is 0. The normalized spacial score (nSPS) is 22.1. The first kappa shape index (κ1) is 7.46. The van der Waals surface area contributed by atoms with Crippen LogP contribution in [-0.2, 0) is 11.3 Å². The summed E-state index contributed by atoms with van der Waals surface area (Å²) in [5.74, 6) is 0. The van der Waals surface area contributed by atoms with Gasteiger partial charge in [0.15, 0.2) is 4.83 Å². The SMILES string of the molecule is C[C@H]1OCCn2nc3scnc3c21. The molecule has 0 saturated heterocycles. The van der Waals surface area contributed by atoms with Crippen molar-refractivity contribution in [3.05, 3.63) is 11.2 Å². The molecule has 13 heavy (non-hydrogen) atoms. The quantitative estimate of drug-likeness (QED) is 0.640. The summed E-state index contributed by atoms with van der Waals surface area (Å²) < 4.78 is 7.56. The Bertz CT molecular complexity index is 447. The lowest BCUT2D eigenvalue weighted by Crippen LogP contribution is -2.20. The van der Waals surface area contributed by atoms with E-state index in [9.17, 15) is 0 Å². The Balaban J connectivity index is 2.33. The zero-order valence-corrected chi connectivity index (χ0v) is 8.04. The lowest BCUT2D eigenvalue weighted by molar-refractivity contribution is 0.0298. The molecule has 0 amide bonds. The second kappa shape index (κ2) is 2.52. The van der Waals surface area contributed by atoms with E-state index in [1.54, 1.807) is 11.3 Å². The van der Waals surface area contributed by atoms with Crippen molar-refractivity contribution in [3.63, 3.8) is 0 Å². The third kappa shape index (κ3) is 0.941. The maximum atomic E-state index is 5.54. The minimum absolute atomic E-state index is 0.126. The number of hydrogen-bond acceptors (Lipinski definition) is 4. The Labute approximate surface area is 79.1 Å². The fraction of sp³-hybridized carbons (Fsp3) is 0.500. The van der Waals surface area contributed by atoms with Crippen LogP contribution in [0.25, 0.3) is 10.3 Å². The molecule has 0 radical (unpaired) electrons. The average molecular weight is 195 g/mol. The number of ether oxygens (including phenoxy) is 1. The Morgan fingerprint density at radius 3 is 3.54 bits per heavy atom. The van der Waals surface area contributed by atoms with E-state index < -0.39 is 0 Å². The van der Waals surface area contributed by atoms with Gasteiger partial charge in [-0.2, -0.15) is 5.10 Å². The van der Waals surface area contributed by atoms with Crippen molar-refractivity contribution in [2.24, 2.45) is 0 Å². The van der Waals surface area contributed by atoms with E-state index in [-0.39, 0.29) is 6.10 Å². The van der Waals surface area contributed by atoms with Gasteiger partial charge >= 0.3 is 0 Å². The summed E-state index contributed by atoms with van der Waals surface area (Å²) in [6.45, 7) is 3.65. The Morgan fingerprint density at radius 2 is 2.62 bits per heavy atom. The van der Waals surface area contributed by atoms with E-state index in [1.807, 2.05) is 17.1 Å². The van der Waals surface area contributed by atoms with Gasteiger partial charge in [-0.1, -0.05) is 0 Å². The van der Waals surface area contributed by atoms with Crippen LogP contribution in [0.2, 0.25) is 0 Å². The summed E-state index contributed by atoms with van der Waals surface area (Å²) in [4.78, 5) is 5.32. The minimum Gasteiger partial charge on any atom is -0.370 e. The van der Waals surface area contributed by atoms with E-state index in [2.05, 4.69) is 10.1 Å². The molecule has 1 atom stereocenters. The van der Waals surface area contributed by atoms with Crippen LogP contribution in [0.5, 0.6) is 0 Å². The number of nitrogens with zero attached hydrogens (tertiary/aromatic N) is 3. The predicted octanol–water partition coefficient (Wildman–Crippen LogP) is 1.58. The van der Waals surface area contributed by atoms with Gasteiger partial charge in [0, 0.05) is 0 Å². The molecule has 0 saturated carbocycles. The molecule has 4 nitrogen and oxygen atoms in total. The molecule has 0 aromatic carbocycles. The molecule has 0 N–H and O–H groups in total. The Morgan fingerprint density at radius 1 is 1.69 bits per heavy atom. The van der Waals surface area contributed by atoms with Crippen LogP contribution < -0.4 is 0 Å². The first-order valence-corrected chi connectivity index (χ1v) is 5.16. The van der Waals surface area contributed by atoms with E-state index in [0.29, 0.717) is 0 Å². The van der Waals surface area contributed by atoms with Gasteiger partial charge < -0.3 is 4.74 Å². The van der Waals surface area contributed by atoms with Crippen molar-refractivity contribution in [2.45, 2.75) is 19.6 Å². The topological polar surface area (TPSA) is 39.9 Å². The van der Waals surface area contributed by atoms with Gasteiger partial charge in [0.1, 0.15) is 5.52 Å². The second-order valence-electron chi connectivity index (χ2n) is 3.13. The predicted molar refractivity (Wildman–Crippen MR) is 49.8 cm³/mol. The zero-order valence-electron chi connectivity index (χ0n) is 7.23. The molecular formula is C8H9N3OS. The lowest BCUT2D eigenvalue weighted by atomic mass is 10.2. The summed E-state index contributed by atoms with van der Waals surface area (Å²) >= 11 is 1.58. The van der Waals surface area contributed by atoms with Crippen LogP contribution in [-0.4, -0.2) is 21.4 Å². The molecule has 0 fully saturated rings. The average Bonchev–Trinajstić information content (AvgIpc) is 2.62. The highest BCUT2D eigenvalue weighted by Crippen LogP contribution is 2.29. The first-order valence-electron chi connectivity index (χ1n) is 4.28. The van der Waals surface area contributed by atoms with E-state index in [0.717, 1.165) is 29.2 Å². The molecule has 3 rings (SSSR count). The van der Waals surface area contributed by atoms with Gasteiger partial charge in [0.25, 0.3) is 0 Å². The van der Waals surface area contributed by atoms with Gasteiger partial charge in [-0.05, 0) is 6.92 Å². The number of fused-ring (bicyclic) bond motifs is 3. The van der Waals surface area contributed by atoms with Crippen molar-refractivity contribution < 1.29 is 4.74 Å². The number of aromatic nitrogens is 3. The molecule has 5 heteroatoms. The highest BCUT2D eigenvalue weighted by atomic mass is 32.1. The van der Waals surface area contributed by atoms with Crippen molar-refractivity contribution in [3.8, 4) is 0 Å². The second-order valence-corrected chi connectivity index (χ2v) is 3.96. The highest BCUT2D eigenvalue weighted by molar-refractivity contribution is 7.16. The largest absolute Gasteiger partial charge is 0.370 e. The fourth-order valence-electron chi connectivity index (χ4n) is 1.74. The fourth-order valence-corrected chi connectivity index (χ4v) is 2.41. The van der Waals surface area contributed by atoms with Crippen LogP contribution in [0.1, 0.15) is 18.7 Å². The standard InChI is InChI=1S/C8H9N3OS/c1-5-7-6-8(13-4-9-6)10-11(7)2-3-12-5/h4-5H,2-3H2,1H3/t5-/m1/s1. The molecule has 2 aromatic heterocycles. The van der Waals surface area contributed by atoms with Crippen LogP contribution in [0, 0.1) is 0 Å². The molecular weight excluding hydrogens is 186 g/mol. The highest BCUT2D eigenvalue weighted by Gasteiger charge is 2.23. The summed E-state index contributed by atoms with van der Waals surface area (Å²) in [5, 5.41) is 4.46. The summed E-state index contributed by atoms with van der Waals surface area (Å²) in [6.07, 6.45) is 0.126. The van der Waals surface area contributed by atoms with Crippen molar-refractivity contribution >= 4 is 21.7 Å². The Kier molecular flexibility index (Phi) is 1.45. The lowest BCUT2D eigenvalue weighted by Gasteiger charge is -2.20. The van der Waals surface area contributed by atoms with Crippen LogP contribution in [0.15, 0.2) is 5.51 Å². The molecule has 3 heterocycles. The van der Waals surface area contributed by atoms with Crippen LogP contribution >= 0.6 is 11.3 Å². The maximum Gasteiger partial charge on any atom is 0.165 e. The summed E-state index contributed by atoms with van der Waals surface area (Å²) in [5.41, 5.74) is 3.97. The van der Waals surface area contributed by atoms with Gasteiger partial charge in [-0.3, -0.25) is 4.68 Å². The van der Waals surface area contributed by atoms with Crippen molar-refractivity contribution in [1.82, 2.24) is 14.8 Å². The Hall–Kier alpha value is -0.940.